The monoisotopic (exact) mass is 433 g/mol. The van der Waals surface area contributed by atoms with Crippen LogP contribution in [0.2, 0.25) is 5.02 Å². The highest BCUT2D eigenvalue weighted by molar-refractivity contribution is 6.31. The van der Waals surface area contributed by atoms with Crippen LogP contribution >= 0.6 is 11.6 Å². The molecule has 1 heterocycles. The van der Waals surface area contributed by atoms with Gasteiger partial charge in [0.15, 0.2) is 6.61 Å². The number of carbonyl (C=O) groups is 2. The number of hydrogen-bond acceptors (Lipinski definition) is 4. The van der Waals surface area contributed by atoms with Gasteiger partial charge in [-0.2, -0.15) is 0 Å². The first-order valence-electron chi connectivity index (χ1n) is 9.72. The summed E-state index contributed by atoms with van der Waals surface area (Å²) in [5.41, 5.74) is 0.992. The Bertz CT molecular complexity index is 894. The van der Waals surface area contributed by atoms with E-state index in [1.807, 2.05) is 0 Å². The van der Waals surface area contributed by atoms with Crippen LogP contribution in [-0.4, -0.2) is 73.4 Å². The third-order valence-electron chi connectivity index (χ3n) is 5.05. The molecule has 0 atom stereocenters. The topological polar surface area (TPSA) is 53.1 Å². The van der Waals surface area contributed by atoms with Crippen molar-refractivity contribution >= 4 is 23.4 Å². The molecule has 30 heavy (non-hydrogen) atoms. The van der Waals surface area contributed by atoms with Crippen molar-refractivity contribution in [3.05, 3.63) is 64.4 Å². The third kappa shape index (κ3) is 5.49. The van der Waals surface area contributed by atoms with E-state index in [9.17, 15) is 14.0 Å². The van der Waals surface area contributed by atoms with Crippen LogP contribution in [-0.2, 0) is 11.3 Å². The molecule has 1 saturated heterocycles. The number of amides is 2. The minimum Gasteiger partial charge on any atom is -0.484 e. The zero-order valence-electron chi connectivity index (χ0n) is 17.1. The Labute approximate surface area is 180 Å². The van der Waals surface area contributed by atoms with E-state index in [0.717, 1.165) is 0 Å². The lowest BCUT2D eigenvalue weighted by atomic mass is 10.1. The summed E-state index contributed by atoms with van der Waals surface area (Å²) in [5.74, 6) is -0.0878. The summed E-state index contributed by atoms with van der Waals surface area (Å²) >= 11 is 6.12. The van der Waals surface area contributed by atoms with Gasteiger partial charge in [-0.05, 0) is 30.3 Å². The van der Waals surface area contributed by atoms with E-state index >= 15 is 0 Å². The third-order valence-corrected chi connectivity index (χ3v) is 5.40. The Hall–Kier alpha value is -2.64. The van der Waals surface area contributed by atoms with Gasteiger partial charge in [0, 0.05) is 63.0 Å². The van der Waals surface area contributed by atoms with Gasteiger partial charge in [0.25, 0.3) is 11.8 Å². The lowest BCUT2D eigenvalue weighted by Crippen LogP contribution is -2.48. The molecule has 160 valence electrons. The number of nitrogens with zero attached hydrogens (tertiary/aromatic N) is 3. The number of likely N-dealkylation sites (N-methyl/N-ethyl adjacent to an activating group) is 1. The first-order valence-corrected chi connectivity index (χ1v) is 10.1. The van der Waals surface area contributed by atoms with Crippen molar-refractivity contribution in [1.82, 2.24) is 14.7 Å². The molecule has 3 rings (SSSR count). The Kier molecular flexibility index (Phi) is 7.29. The first kappa shape index (κ1) is 22.1. The van der Waals surface area contributed by atoms with Crippen LogP contribution in [0.1, 0.15) is 15.9 Å². The van der Waals surface area contributed by atoms with Crippen LogP contribution in [0, 0.1) is 5.82 Å². The highest BCUT2D eigenvalue weighted by Crippen LogP contribution is 2.22. The average molecular weight is 434 g/mol. The molecule has 0 spiro atoms. The standard InChI is InChI=1S/C22H25ClFN3O3/c1-25(2)21(28)15-30-17-6-3-5-16(13-17)22(29)27-11-9-26(10-12-27)14-18-19(23)7-4-8-20(18)24/h3-8,13H,9-12,14-15H2,1-2H3. The summed E-state index contributed by atoms with van der Waals surface area (Å²) in [4.78, 5) is 29.8. The number of carbonyl (C=O) groups excluding carboxylic acids is 2. The molecule has 2 amide bonds. The minimum absolute atomic E-state index is 0.0814. The van der Waals surface area contributed by atoms with Crippen molar-refractivity contribution in [2.45, 2.75) is 6.54 Å². The average Bonchev–Trinajstić information content (AvgIpc) is 2.75. The van der Waals surface area contributed by atoms with Gasteiger partial charge in [0.2, 0.25) is 0 Å². The molecule has 0 radical (unpaired) electrons. The van der Waals surface area contributed by atoms with E-state index in [1.54, 1.807) is 55.4 Å². The Morgan fingerprint density at radius 2 is 1.80 bits per heavy atom. The highest BCUT2D eigenvalue weighted by atomic mass is 35.5. The maximum atomic E-state index is 14.0. The largest absolute Gasteiger partial charge is 0.484 e. The van der Waals surface area contributed by atoms with Gasteiger partial charge in [-0.1, -0.05) is 23.7 Å². The van der Waals surface area contributed by atoms with E-state index in [4.69, 9.17) is 16.3 Å². The second-order valence-electron chi connectivity index (χ2n) is 7.37. The van der Waals surface area contributed by atoms with Crippen molar-refractivity contribution in [2.75, 3.05) is 46.9 Å². The molecular weight excluding hydrogens is 409 g/mol. The molecule has 1 aliphatic rings. The van der Waals surface area contributed by atoms with Crippen LogP contribution < -0.4 is 4.74 Å². The fourth-order valence-electron chi connectivity index (χ4n) is 3.19. The molecule has 0 bridgehead atoms. The summed E-state index contributed by atoms with van der Waals surface area (Å²) in [6.07, 6.45) is 0. The molecule has 0 saturated carbocycles. The van der Waals surface area contributed by atoms with Crippen molar-refractivity contribution < 1.29 is 18.7 Å². The van der Waals surface area contributed by atoms with Crippen LogP contribution in [0.4, 0.5) is 4.39 Å². The number of rotatable bonds is 6. The van der Waals surface area contributed by atoms with Gasteiger partial charge >= 0.3 is 0 Å². The molecule has 0 unspecified atom stereocenters. The molecule has 0 aliphatic carbocycles. The fraction of sp³-hybridized carbons (Fsp3) is 0.364. The molecule has 6 nitrogen and oxygen atoms in total. The number of ether oxygens (including phenoxy) is 1. The van der Waals surface area contributed by atoms with Crippen molar-refractivity contribution in [1.29, 1.82) is 0 Å². The van der Waals surface area contributed by atoms with Gasteiger partial charge in [-0.3, -0.25) is 14.5 Å². The van der Waals surface area contributed by atoms with Crippen LogP contribution in [0.5, 0.6) is 5.75 Å². The predicted octanol–water partition coefficient (Wildman–Crippen LogP) is 2.90. The lowest BCUT2D eigenvalue weighted by Gasteiger charge is -2.35. The molecule has 2 aromatic rings. The van der Waals surface area contributed by atoms with E-state index in [-0.39, 0.29) is 24.2 Å². The molecule has 0 aromatic heterocycles. The minimum atomic E-state index is -0.314. The van der Waals surface area contributed by atoms with Gasteiger partial charge in [0.1, 0.15) is 11.6 Å². The normalized spacial score (nSPS) is 14.5. The molecule has 8 heteroatoms. The lowest BCUT2D eigenvalue weighted by molar-refractivity contribution is -0.130. The second kappa shape index (κ2) is 9.91. The summed E-state index contributed by atoms with van der Waals surface area (Å²) in [7, 11) is 3.32. The zero-order chi connectivity index (χ0) is 21.7. The van der Waals surface area contributed by atoms with Gasteiger partial charge in [-0.15, -0.1) is 0 Å². The maximum Gasteiger partial charge on any atom is 0.259 e. The summed E-state index contributed by atoms with van der Waals surface area (Å²) in [6.45, 7) is 2.66. The van der Waals surface area contributed by atoms with E-state index in [0.29, 0.717) is 54.6 Å². The SMILES string of the molecule is CN(C)C(=O)COc1cccc(C(=O)N2CCN(Cc3c(F)cccc3Cl)CC2)c1. The second-order valence-corrected chi connectivity index (χ2v) is 7.78. The molecule has 1 fully saturated rings. The number of piperazine rings is 1. The van der Waals surface area contributed by atoms with Crippen LogP contribution in [0.3, 0.4) is 0 Å². The predicted molar refractivity (Wildman–Crippen MR) is 113 cm³/mol. The summed E-state index contributed by atoms with van der Waals surface area (Å²) in [5, 5.41) is 0.415. The summed E-state index contributed by atoms with van der Waals surface area (Å²) < 4.78 is 19.5. The Balaban J connectivity index is 1.56. The van der Waals surface area contributed by atoms with Gasteiger partial charge in [-0.25, -0.2) is 4.39 Å². The summed E-state index contributed by atoms with van der Waals surface area (Å²) in [6, 6.07) is 11.5. The van der Waals surface area contributed by atoms with Crippen molar-refractivity contribution in [3.63, 3.8) is 0 Å². The molecular formula is C22H25ClFN3O3. The molecule has 2 aromatic carbocycles. The van der Waals surface area contributed by atoms with Gasteiger partial charge < -0.3 is 14.5 Å². The zero-order valence-corrected chi connectivity index (χ0v) is 17.9. The van der Waals surface area contributed by atoms with Crippen LogP contribution in [0.15, 0.2) is 42.5 Å². The Morgan fingerprint density at radius 1 is 1.10 bits per heavy atom. The van der Waals surface area contributed by atoms with E-state index in [2.05, 4.69) is 4.90 Å². The molecule has 0 N–H and O–H groups in total. The Morgan fingerprint density at radius 3 is 2.47 bits per heavy atom. The smallest absolute Gasteiger partial charge is 0.259 e. The van der Waals surface area contributed by atoms with Gasteiger partial charge in [0.05, 0.1) is 0 Å². The van der Waals surface area contributed by atoms with Crippen LogP contribution in [0.25, 0.3) is 0 Å². The van der Waals surface area contributed by atoms with E-state index in [1.165, 1.54) is 11.0 Å². The van der Waals surface area contributed by atoms with Crippen molar-refractivity contribution in [3.8, 4) is 5.75 Å². The number of benzene rings is 2. The number of hydrogen-bond donors (Lipinski definition) is 0. The first-order chi connectivity index (χ1) is 14.3. The fourth-order valence-corrected chi connectivity index (χ4v) is 3.41. The maximum absolute atomic E-state index is 14.0. The highest BCUT2D eigenvalue weighted by Gasteiger charge is 2.23. The van der Waals surface area contributed by atoms with E-state index < -0.39 is 0 Å². The number of halogens is 2. The quantitative estimate of drug-likeness (QED) is 0.703. The van der Waals surface area contributed by atoms with Crippen molar-refractivity contribution in [2.24, 2.45) is 0 Å². The molecule has 1 aliphatic heterocycles.